The summed E-state index contributed by atoms with van der Waals surface area (Å²) >= 11 is 8.82. The molecule has 0 amide bonds. The van der Waals surface area contributed by atoms with Gasteiger partial charge in [-0.15, -0.1) is 10.2 Å². The van der Waals surface area contributed by atoms with Crippen LogP contribution in [0.3, 0.4) is 0 Å². The second-order valence-electron chi connectivity index (χ2n) is 7.58. The lowest BCUT2D eigenvalue weighted by atomic mass is 10.1. The van der Waals surface area contributed by atoms with Gasteiger partial charge in [0.2, 0.25) is 0 Å². The number of carbonyl (C=O) groups is 1. The Bertz CT molecular complexity index is 1320. The van der Waals surface area contributed by atoms with Crippen molar-refractivity contribution in [3.63, 3.8) is 0 Å². The minimum absolute atomic E-state index is 0.0246. The number of rotatable bonds is 7. The summed E-state index contributed by atoms with van der Waals surface area (Å²) in [6.45, 7) is 0. The third kappa shape index (κ3) is 6.92. The number of para-hydroxylation sites is 2. The van der Waals surface area contributed by atoms with Crippen molar-refractivity contribution in [2.45, 2.75) is 12.5 Å². The third-order valence-electron chi connectivity index (χ3n) is 5.00. The number of carbonyl (C=O) groups excluding carboxylic acids is 1. The molecule has 4 aromatic rings. The van der Waals surface area contributed by atoms with E-state index in [0.717, 1.165) is 21.3 Å². The first-order valence-corrected chi connectivity index (χ1v) is 12.0. The van der Waals surface area contributed by atoms with Gasteiger partial charge in [-0.05, 0) is 54.2 Å². The van der Waals surface area contributed by atoms with Crippen LogP contribution in [0.1, 0.15) is 18.0 Å². The van der Waals surface area contributed by atoms with E-state index < -0.39 is 12.0 Å². The van der Waals surface area contributed by atoms with Gasteiger partial charge in [0.25, 0.3) is 0 Å². The fourth-order valence-electron chi connectivity index (χ4n) is 3.29. The van der Waals surface area contributed by atoms with Crippen molar-refractivity contribution in [3.05, 3.63) is 101 Å². The molecule has 0 saturated carbocycles. The van der Waals surface area contributed by atoms with E-state index in [1.165, 1.54) is 0 Å². The number of thiocarbonyl (C=S) groups is 1. The van der Waals surface area contributed by atoms with E-state index in [0.29, 0.717) is 17.3 Å². The maximum atomic E-state index is 12.6. The first-order valence-electron chi connectivity index (χ1n) is 10.8. The summed E-state index contributed by atoms with van der Waals surface area (Å²) in [5, 5.41) is 14.7. The molecule has 0 fully saturated rings. The van der Waals surface area contributed by atoms with Gasteiger partial charge in [0.1, 0.15) is 0 Å². The van der Waals surface area contributed by atoms with Crippen LogP contribution in [-0.4, -0.2) is 21.3 Å². The molecule has 7 nitrogen and oxygen atoms in total. The summed E-state index contributed by atoms with van der Waals surface area (Å²) in [5.74, 6) is 0.373. The summed E-state index contributed by atoms with van der Waals surface area (Å²) in [4.78, 5) is 12.6. The third-order valence-corrected chi connectivity index (χ3v) is 5.70. The van der Waals surface area contributed by atoms with E-state index in [-0.39, 0.29) is 11.5 Å². The molecule has 4 N–H and O–H groups in total. The summed E-state index contributed by atoms with van der Waals surface area (Å²) in [6.07, 6.45) is 0.0246. The maximum absolute atomic E-state index is 12.6. The Hall–Kier alpha value is -3.66. The van der Waals surface area contributed by atoms with Crippen LogP contribution in [0.4, 0.5) is 11.5 Å². The highest BCUT2D eigenvalue weighted by molar-refractivity contribution is 9.10. The normalized spacial score (nSPS) is 11.4. The number of benzene rings is 3. The van der Waals surface area contributed by atoms with Gasteiger partial charge in [-0.25, -0.2) is 0 Å². The van der Waals surface area contributed by atoms with Gasteiger partial charge in [-0.2, -0.15) is 0 Å². The topological polar surface area (TPSA) is 102 Å². The molecular weight excluding hydrogens is 526 g/mol. The minimum atomic E-state index is -0.486. The standard InChI is InChI=1S/C26H22BrN5O2S/c27-19-10-6-9-18(15-19)20(28)16-25(33)34-23-12-5-4-11-22(23)29-26(35)30-24-14-13-21(31-32-24)17-7-2-1-3-8-17/h1-15,20H,16,28H2,(H2,29,30,32,35). The SMILES string of the molecule is NC(CC(=O)Oc1ccccc1NC(=S)Nc1ccc(-c2ccccc2)nn1)c1cccc(Br)c1. The maximum Gasteiger partial charge on any atom is 0.313 e. The number of halogens is 1. The number of anilines is 2. The molecule has 9 heteroatoms. The van der Waals surface area contributed by atoms with Gasteiger partial charge in [-0.1, -0.05) is 70.5 Å². The number of hydrogen-bond donors (Lipinski definition) is 3. The predicted molar refractivity (Wildman–Crippen MR) is 145 cm³/mol. The number of esters is 1. The van der Waals surface area contributed by atoms with Crippen molar-refractivity contribution in [1.82, 2.24) is 10.2 Å². The zero-order valence-corrected chi connectivity index (χ0v) is 20.9. The summed E-state index contributed by atoms with van der Waals surface area (Å²) in [6, 6.07) is 27.5. The van der Waals surface area contributed by atoms with E-state index in [1.807, 2.05) is 66.7 Å². The minimum Gasteiger partial charge on any atom is -0.424 e. The quantitative estimate of drug-likeness (QED) is 0.153. The lowest BCUT2D eigenvalue weighted by molar-refractivity contribution is -0.134. The van der Waals surface area contributed by atoms with Crippen LogP contribution >= 0.6 is 28.1 Å². The number of nitrogens with one attached hydrogen (secondary N) is 2. The highest BCUT2D eigenvalue weighted by atomic mass is 79.9. The molecule has 0 saturated heterocycles. The van der Waals surface area contributed by atoms with Crippen molar-refractivity contribution in [1.29, 1.82) is 0 Å². The Kier molecular flexibility index (Phi) is 8.15. The smallest absolute Gasteiger partial charge is 0.313 e. The van der Waals surface area contributed by atoms with E-state index in [1.54, 1.807) is 24.3 Å². The Morgan fingerprint density at radius 3 is 2.46 bits per heavy atom. The van der Waals surface area contributed by atoms with Gasteiger partial charge in [-0.3, -0.25) is 4.79 Å². The fourth-order valence-corrected chi connectivity index (χ4v) is 3.92. The zero-order valence-electron chi connectivity index (χ0n) is 18.5. The molecule has 1 aromatic heterocycles. The molecule has 4 rings (SSSR count). The Balaban J connectivity index is 1.36. The van der Waals surface area contributed by atoms with Crippen LogP contribution in [0.2, 0.25) is 0 Å². The van der Waals surface area contributed by atoms with Gasteiger partial charge in [0, 0.05) is 16.1 Å². The molecule has 1 heterocycles. The highest BCUT2D eigenvalue weighted by Gasteiger charge is 2.16. The Morgan fingerprint density at radius 2 is 1.71 bits per heavy atom. The number of aromatic nitrogens is 2. The highest BCUT2D eigenvalue weighted by Crippen LogP contribution is 2.26. The molecule has 1 unspecified atom stereocenters. The first-order chi connectivity index (χ1) is 17.0. The molecule has 0 radical (unpaired) electrons. The average Bonchev–Trinajstić information content (AvgIpc) is 2.86. The van der Waals surface area contributed by atoms with Crippen molar-refractivity contribution < 1.29 is 9.53 Å². The molecule has 3 aromatic carbocycles. The van der Waals surface area contributed by atoms with Crippen LogP contribution in [0.5, 0.6) is 5.75 Å². The molecule has 176 valence electrons. The molecule has 0 spiro atoms. The number of hydrogen-bond acceptors (Lipinski definition) is 6. The molecule has 1 atom stereocenters. The monoisotopic (exact) mass is 547 g/mol. The summed E-state index contributed by atoms with van der Waals surface area (Å²) in [7, 11) is 0. The van der Waals surface area contributed by atoms with Gasteiger partial charge >= 0.3 is 5.97 Å². The van der Waals surface area contributed by atoms with Crippen LogP contribution in [-0.2, 0) is 4.79 Å². The van der Waals surface area contributed by atoms with Crippen LogP contribution in [0.15, 0.2) is 95.5 Å². The molecule has 0 aliphatic rings. The number of nitrogens with zero attached hydrogens (tertiary/aromatic N) is 2. The second kappa shape index (κ2) is 11.7. The first kappa shape index (κ1) is 24.5. The van der Waals surface area contributed by atoms with Crippen molar-refractivity contribution in [3.8, 4) is 17.0 Å². The molecule has 0 aliphatic heterocycles. The van der Waals surface area contributed by atoms with E-state index in [4.69, 9.17) is 22.7 Å². The summed E-state index contributed by atoms with van der Waals surface area (Å²) in [5.41, 5.74) is 9.29. The fraction of sp³-hybridized carbons (Fsp3) is 0.0769. The van der Waals surface area contributed by atoms with Crippen molar-refractivity contribution >= 4 is 50.7 Å². The number of ether oxygens (including phenoxy) is 1. The second-order valence-corrected chi connectivity index (χ2v) is 8.91. The van der Waals surface area contributed by atoms with Gasteiger partial charge in [0.05, 0.1) is 17.8 Å². The largest absolute Gasteiger partial charge is 0.424 e. The molecule has 0 aliphatic carbocycles. The van der Waals surface area contributed by atoms with Crippen LogP contribution < -0.4 is 21.1 Å². The van der Waals surface area contributed by atoms with E-state index >= 15 is 0 Å². The van der Waals surface area contributed by atoms with Gasteiger partial charge < -0.3 is 21.1 Å². The molecule has 35 heavy (non-hydrogen) atoms. The van der Waals surface area contributed by atoms with Crippen LogP contribution in [0, 0.1) is 0 Å². The van der Waals surface area contributed by atoms with Crippen LogP contribution in [0.25, 0.3) is 11.3 Å². The van der Waals surface area contributed by atoms with Crippen molar-refractivity contribution in [2.75, 3.05) is 10.6 Å². The predicted octanol–water partition coefficient (Wildman–Crippen LogP) is 5.71. The van der Waals surface area contributed by atoms with E-state index in [9.17, 15) is 4.79 Å². The van der Waals surface area contributed by atoms with E-state index in [2.05, 4.69) is 36.8 Å². The summed E-state index contributed by atoms with van der Waals surface area (Å²) < 4.78 is 6.47. The molecule has 0 bridgehead atoms. The van der Waals surface area contributed by atoms with Crippen molar-refractivity contribution in [2.24, 2.45) is 5.73 Å². The lowest BCUT2D eigenvalue weighted by Crippen LogP contribution is -2.22. The Labute approximate surface area is 216 Å². The average molecular weight is 548 g/mol. The number of nitrogens with two attached hydrogens (primary N) is 1. The lowest BCUT2D eigenvalue weighted by Gasteiger charge is -2.15. The Morgan fingerprint density at radius 1 is 0.943 bits per heavy atom. The van der Waals surface area contributed by atoms with Gasteiger partial charge in [0.15, 0.2) is 16.7 Å². The zero-order chi connectivity index (χ0) is 24.6. The molecular formula is C26H22BrN5O2S.